The van der Waals surface area contributed by atoms with E-state index in [9.17, 15) is 9.59 Å². The van der Waals surface area contributed by atoms with Crippen LogP contribution in [0.1, 0.15) is 10.4 Å². The fourth-order valence-corrected chi connectivity index (χ4v) is 2.99. The summed E-state index contributed by atoms with van der Waals surface area (Å²) in [4.78, 5) is 37.2. The average Bonchev–Trinajstić information content (AvgIpc) is 2.82. The molecule has 0 aliphatic carbocycles. The molecule has 0 unspecified atom stereocenters. The maximum Gasteiger partial charge on any atom is 0.349 e. The van der Waals surface area contributed by atoms with Crippen molar-refractivity contribution in [1.82, 2.24) is 20.3 Å². The molecule has 0 atom stereocenters. The van der Waals surface area contributed by atoms with E-state index >= 15 is 0 Å². The maximum atomic E-state index is 12.5. The number of amides is 1. The number of pyridine rings is 1. The van der Waals surface area contributed by atoms with Gasteiger partial charge in [0, 0.05) is 30.7 Å². The zero-order valence-electron chi connectivity index (χ0n) is 17.2. The highest BCUT2D eigenvalue weighted by molar-refractivity contribution is 5.97. The van der Waals surface area contributed by atoms with Crippen LogP contribution in [0, 0.1) is 0 Å². The van der Waals surface area contributed by atoms with E-state index in [1.807, 2.05) is 18.2 Å². The van der Waals surface area contributed by atoms with Gasteiger partial charge >= 0.3 is 5.63 Å². The Morgan fingerprint density at radius 3 is 2.69 bits per heavy atom. The molecule has 0 radical (unpaired) electrons. The van der Waals surface area contributed by atoms with Crippen LogP contribution in [0.15, 0.2) is 70.3 Å². The Bertz CT molecular complexity index is 1290. The second-order valence-electron chi connectivity index (χ2n) is 6.64. The van der Waals surface area contributed by atoms with E-state index in [1.165, 1.54) is 19.5 Å². The van der Waals surface area contributed by atoms with Gasteiger partial charge in [-0.15, -0.1) is 0 Å². The third-order valence-corrected chi connectivity index (χ3v) is 4.49. The number of anilines is 3. The summed E-state index contributed by atoms with van der Waals surface area (Å²) in [5.74, 6) is 1.72. The minimum absolute atomic E-state index is 0.0744. The number of aromatic nitrogens is 3. The van der Waals surface area contributed by atoms with Crippen LogP contribution in [0.3, 0.4) is 0 Å². The van der Waals surface area contributed by atoms with Gasteiger partial charge in [-0.1, -0.05) is 18.2 Å². The summed E-state index contributed by atoms with van der Waals surface area (Å²) in [6.07, 6.45) is 3.10. The molecule has 0 bridgehead atoms. The van der Waals surface area contributed by atoms with Crippen molar-refractivity contribution in [3.05, 3.63) is 77.0 Å². The summed E-state index contributed by atoms with van der Waals surface area (Å²) in [5, 5.41) is 9.46. The predicted octanol–water partition coefficient (Wildman–Crippen LogP) is 2.57. The van der Waals surface area contributed by atoms with Crippen LogP contribution in [0.5, 0.6) is 5.75 Å². The molecule has 4 aromatic rings. The minimum Gasteiger partial charge on any atom is -0.493 e. The number of carbonyl (C=O) groups is 1. The van der Waals surface area contributed by atoms with Crippen LogP contribution in [0.25, 0.3) is 11.0 Å². The Hall–Kier alpha value is -4.47. The van der Waals surface area contributed by atoms with Crippen molar-refractivity contribution in [3.63, 3.8) is 0 Å². The van der Waals surface area contributed by atoms with Crippen molar-refractivity contribution >= 4 is 34.3 Å². The third-order valence-electron chi connectivity index (χ3n) is 4.49. The Labute approximate surface area is 182 Å². The highest BCUT2D eigenvalue weighted by atomic mass is 16.5. The first-order valence-electron chi connectivity index (χ1n) is 9.77. The Kier molecular flexibility index (Phi) is 6.21. The first kappa shape index (κ1) is 20.8. The van der Waals surface area contributed by atoms with Gasteiger partial charge in [-0.2, -0.15) is 0 Å². The molecular weight excluding hydrogens is 412 g/mol. The normalized spacial score (nSPS) is 10.5. The zero-order chi connectivity index (χ0) is 22.3. The number of nitrogens with zero attached hydrogens (tertiary/aromatic N) is 3. The van der Waals surface area contributed by atoms with Gasteiger partial charge in [0.2, 0.25) is 0 Å². The van der Waals surface area contributed by atoms with Crippen LogP contribution in [0.4, 0.5) is 17.5 Å². The largest absolute Gasteiger partial charge is 0.493 e. The van der Waals surface area contributed by atoms with Gasteiger partial charge in [0.25, 0.3) is 5.91 Å². The number of ether oxygens (including phenoxy) is 1. The summed E-state index contributed by atoms with van der Waals surface area (Å²) < 4.78 is 10.5. The summed E-state index contributed by atoms with van der Waals surface area (Å²) in [6, 6.07) is 13.9. The number of hydrogen-bond acceptors (Lipinski definition) is 9. The summed E-state index contributed by atoms with van der Waals surface area (Å²) in [7, 11) is 1.48. The highest BCUT2D eigenvalue weighted by Gasteiger charge is 2.15. The summed E-state index contributed by atoms with van der Waals surface area (Å²) in [6.45, 7) is 0.653. The number of carbonyl (C=O) groups excluding carboxylic acids is 1. The van der Waals surface area contributed by atoms with Gasteiger partial charge in [0.05, 0.1) is 7.11 Å². The van der Waals surface area contributed by atoms with Crippen molar-refractivity contribution in [1.29, 1.82) is 0 Å². The lowest BCUT2D eigenvalue weighted by Gasteiger charge is -2.09. The van der Waals surface area contributed by atoms with Gasteiger partial charge in [0.15, 0.2) is 11.3 Å². The molecule has 3 aromatic heterocycles. The smallest absolute Gasteiger partial charge is 0.349 e. The molecule has 4 rings (SSSR count). The number of methoxy groups -OCH3 is 1. The van der Waals surface area contributed by atoms with Crippen molar-refractivity contribution < 1.29 is 13.9 Å². The lowest BCUT2D eigenvalue weighted by atomic mass is 10.1. The van der Waals surface area contributed by atoms with E-state index in [0.29, 0.717) is 40.7 Å². The molecule has 10 heteroatoms. The Balaban J connectivity index is 1.34. The van der Waals surface area contributed by atoms with Crippen LogP contribution >= 0.6 is 0 Å². The SMILES string of the molecule is COc1cccc2cc(C(=O)NCCNc3cc(Nc4ccccn4)ncn3)c(=O)oc12. The Morgan fingerprint density at radius 1 is 1.00 bits per heavy atom. The lowest BCUT2D eigenvalue weighted by Crippen LogP contribution is -2.32. The standard InChI is InChI=1S/C22H20N6O4/c1-31-16-6-4-5-14-11-15(22(30)32-20(14)16)21(29)25-10-9-24-18-12-19(27-13-26-18)28-17-7-2-3-8-23-17/h2-8,11-13H,9-10H2,1H3,(H,25,29)(H2,23,24,26,27,28). The number of benzene rings is 1. The molecule has 0 aliphatic rings. The first-order chi connectivity index (χ1) is 15.6. The number of hydrogen-bond donors (Lipinski definition) is 3. The van der Waals surface area contributed by atoms with E-state index in [1.54, 1.807) is 30.5 Å². The van der Waals surface area contributed by atoms with E-state index < -0.39 is 11.5 Å². The maximum absolute atomic E-state index is 12.5. The summed E-state index contributed by atoms with van der Waals surface area (Å²) >= 11 is 0. The van der Waals surface area contributed by atoms with Gasteiger partial charge in [-0.3, -0.25) is 4.79 Å². The van der Waals surface area contributed by atoms with Gasteiger partial charge in [0.1, 0.15) is 29.3 Å². The molecule has 0 fully saturated rings. The number of para-hydroxylation sites is 1. The molecule has 10 nitrogen and oxygen atoms in total. The molecule has 1 amide bonds. The predicted molar refractivity (Wildman–Crippen MR) is 119 cm³/mol. The van der Waals surface area contributed by atoms with E-state index in [2.05, 4.69) is 30.9 Å². The molecule has 3 heterocycles. The van der Waals surface area contributed by atoms with Crippen molar-refractivity contribution in [3.8, 4) is 5.75 Å². The van der Waals surface area contributed by atoms with Crippen molar-refractivity contribution in [2.75, 3.05) is 30.8 Å². The molecule has 32 heavy (non-hydrogen) atoms. The monoisotopic (exact) mass is 432 g/mol. The van der Waals surface area contributed by atoms with Gasteiger partial charge in [-0.05, 0) is 24.3 Å². The van der Waals surface area contributed by atoms with Crippen LogP contribution in [-0.4, -0.2) is 41.1 Å². The fraction of sp³-hybridized carbons (Fsp3) is 0.136. The third kappa shape index (κ3) is 4.81. The second-order valence-corrected chi connectivity index (χ2v) is 6.64. The van der Waals surface area contributed by atoms with Crippen molar-refractivity contribution in [2.45, 2.75) is 0 Å². The second kappa shape index (κ2) is 9.56. The lowest BCUT2D eigenvalue weighted by molar-refractivity contribution is 0.0951. The molecular formula is C22H20N6O4. The fourth-order valence-electron chi connectivity index (χ4n) is 2.99. The van der Waals surface area contributed by atoms with Gasteiger partial charge < -0.3 is 25.1 Å². The quantitative estimate of drug-likeness (QED) is 0.284. The molecule has 1 aromatic carbocycles. The molecule has 162 valence electrons. The van der Waals surface area contributed by atoms with Gasteiger partial charge in [-0.25, -0.2) is 19.7 Å². The van der Waals surface area contributed by atoms with Crippen molar-refractivity contribution in [2.24, 2.45) is 0 Å². The average molecular weight is 432 g/mol. The van der Waals surface area contributed by atoms with Crippen LogP contribution in [-0.2, 0) is 0 Å². The molecule has 0 saturated carbocycles. The first-order valence-corrected chi connectivity index (χ1v) is 9.77. The number of nitrogens with one attached hydrogen (secondary N) is 3. The summed E-state index contributed by atoms with van der Waals surface area (Å²) in [5.41, 5.74) is -0.500. The van der Waals surface area contributed by atoms with Crippen LogP contribution in [0.2, 0.25) is 0 Å². The van der Waals surface area contributed by atoms with E-state index in [4.69, 9.17) is 9.15 Å². The van der Waals surface area contributed by atoms with E-state index in [-0.39, 0.29) is 12.1 Å². The topological polar surface area (TPSA) is 131 Å². The molecule has 0 spiro atoms. The Morgan fingerprint density at radius 2 is 1.88 bits per heavy atom. The highest BCUT2D eigenvalue weighted by Crippen LogP contribution is 2.24. The molecule has 0 aliphatic heterocycles. The minimum atomic E-state index is -0.728. The van der Waals surface area contributed by atoms with E-state index in [0.717, 1.165) is 0 Å². The number of fused-ring (bicyclic) bond motifs is 1. The molecule has 0 saturated heterocycles. The number of rotatable bonds is 8. The zero-order valence-corrected chi connectivity index (χ0v) is 17.2. The van der Waals surface area contributed by atoms with Crippen LogP contribution < -0.4 is 26.3 Å². The molecule has 3 N–H and O–H groups in total.